The second-order valence-electron chi connectivity index (χ2n) is 5.42. The van der Waals surface area contributed by atoms with Crippen LogP contribution < -0.4 is 0 Å². The molecule has 0 amide bonds. The zero-order valence-corrected chi connectivity index (χ0v) is 16.9. The number of nitrogens with zero attached hydrogens (tertiary/aromatic N) is 3. The van der Waals surface area contributed by atoms with Gasteiger partial charge in [-0.1, -0.05) is 27.5 Å². The lowest BCUT2D eigenvalue weighted by Gasteiger charge is -2.11. The van der Waals surface area contributed by atoms with Crippen LogP contribution in [0.2, 0.25) is 5.02 Å². The third-order valence-electron chi connectivity index (χ3n) is 3.58. The van der Waals surface area contributed by atoms with Crippen molar-refractivity contribution in [3.05, 3.63) is 45.8 Å². The Bertz CT molecular complexity index is 679. The smallest absolute Gasteiger partial charge is 0.125 e. The first kappa shape index (κ1) is 18.7. The molecule has 0 bridgehead atoms. The van der Waals surface area contributed by atoms with E-state index in [1.165, 1.54) is 23.3 Å². The molecule has 0 saturated heterocycles. The molecule has 2 rings (SSSR count). The second kappa shape index (κ2) is 9.00. The maximum absolute atomic E-state index is 6.36. The Balaban J connectivity index is 2.18. The van der Waals surface area contributed by atoms with Gasteiger partial charge in [-0.05, 0) is 51.0 Å². The number of pyridine rings is 1. The first-order chi connectivity index (χ1) is 11.0. The minimum absolute atomic E-state index is 0.644. The predicted molar refractivity (Wildman–Crippen MR) is 102 cm³/mol. The molecule has 0 aliphatic heterocycles. The summed E-state index contributed by atoms with van der Waals surface area (Å²) in [5.41, 5.74) is 3.94. The number of aromatic nitrogens is 3. The summed E-state index contributed by atoms with van der Waals surface area (Å²) in [7, 11) is 0. The standard InChI is InChI=1S/C17H21BrClN3S/c1-11-14(10-15-17(19)12(2)21-13(3)22-15)20-8-6-16(11)23-9-5-4-7-18/h6,8H,4-5,7,9-10H2,1-3H3. The number of thioether (sulfide) groups is 1. The summed E-state index contributed by atoms with van der Waals surface area (Å²) in [4.78, 5) is 14.6. The third-order valence-corrected chi connectivity index (χ3v) is 5.87. The van der Waals surface area contributed by atoms with E-state index in [4.69, 9.17) is 11.6 Å². The Hall–Kier alpha value is -0.650. The number of alkyl halides is 1. The average molecular weight is 415 g/mol. The molecule has 0 unspecified atom stereocenters. The lowest BCUT2D eigenvalue weighted by Crippen LogP contribution is -2.04. The molecule has 3 nitrogen and oxygen atoms in total. The normalized spacial score (nSPS) is 11.0. The summed E-state index contributed by atoms with van der Waals surface area (Å²) >= 11 is 11.7. The van der Waals surface area contributed by atoms with Crippen LogP contribution in [0.15, 0.2) is 17.2 Å². The van der Waals surface area contributed by atoms with E-state index in [1.54, 1.807) is 0 Å². The van der Waals surface area contributed by atoms with Crippen molar-refractivity contribution in [3.8, 4) is 0 Å². The number of hydrogen-bond acceptors (Lipinski definition) is 4. The zero-order valence-electron chi connectivity index (χ0n) is 13.7. The molecule has 2 heterocycles. The minimum atomic E-state index is 0.644. The van der Waals surface area contributed by atoms with Gasteiger partial charge < -0.3 is 0 Å². The van der Waals surface area contributed by atoms with E-state index >= 15 is 0 Å². The van der Waals surface area contributed by atoms with Gasteiger partial charge in [-0.15, -0.1) is 11.8 Å². The fourth-order valence-corrected chi connectivity index (χ4v) is 3.93. The van der Waals surface area contributed by atoms with Crippen molar-refractivity contribution in [3.63, 3.8) is 0 Å². The average Bonchev–Trinajstić information content (AvgIpc) is 2.52. The summed E-state index contributed by atoms with van der Waals surface area (Å²) in [6.45, 7) is 5.93. The molecule has 2 aromatic rings. The highest BCUT2D eigenvalue weighted by molar-refractivity contribution is 9.09. The number of halogens is 2. The molecule has 0 aliphatic carbocycles. The maximum Gasteiger partial charge on any atom is 0.125 e. The summed E-state index contributed by atoms with van der Waals surface area (Å²) in [5.74, 6) is 1.88. The Morgan fingerprint density at radius 3 is 2.65 bits per heavy atom. The molecule has 23 heavy (non-hydrogen) atoms. The molecule has 2 aromatic heterocycles. The number of hydrogen-bond donors (Lipinski definition) is 0. The number of unbranched alkanes of at least 4 members (excludes halogenated alkanes) is 1. The Morgan fingerprint density at radius 2 is 1.91 bits per heavy atom. The lowest BCUT2D eigenvalue weighted by atomic mass is 10.1. The lowest BCUT2D eigenvalue weighted by molar-refractivity contribution is 0.905. The molecule has 0 saturated carbocycles. The van der Waals surface area contributed by atoms with E-state index in [0.29, 0.717) is 11.4 Å². The van der Waals surface area contributed by atoms with Crippen LogP contribution >= 0.6 is 39.3 Å². The van der Waals surface area contributed by atoms with E-state index in [0.717, 1.165) is 34.0 Å². The van der Waals surface area contributed by atoms with Gasteiger partial charge in [-0.3, -0.25) is 4.98 Å². The highest BCUT2D eigenvalue weighted by Crippen LogP contribution is 2.27. The van der Waals surface area contributed by atoms with Crippen molar-refractivity contribution in [1.82, 2.24) is 15.0 Å². The van der Waals surface area contributed by atoms with Crippen molar-refractivity contribution in [2.75, 3.05) is 11.1 Å². The van der Waals surface area contributed by atoms with Crippen molar-refractivity contribution < 1.29 is 0 Å². The van der Waals surface area contributed by atoms with Crippen LogP contribution in [0.1, 0.15) is 41.3 Å². The van der Waals surface area contributed by atoms with E-state index in [9.17, 15) is 0 Å². The van der Waals surface area contributed by atoms with E-state index in [-0.39, 0.29) is 0 Å². The van der Waals surface area contributed by atoms with Crippen LogP contribution in [0.5, 0.6) is 0 Å². The third kappa shape index (κ3) is 5.16. The topological polar surface area (TPSA) is 38.7 Å². The highest BCUT2D eigenvalue weighted by Gasteiger charge is 2.12. The largest absolute Gasteiger partial charge is 0.261 e. The summed E-state index contributed by atoms with van der Waals surface area (Å²) in [6, 6.07) is 2.09. The first-order valence-corrected chi connectivity index (χ1v) is 10.1. The van der Waals surface area contributed by atoms with Crippen molar-refractivity contribution in [2.24, 2.45) is 0 Å². The molecule has 6 heteroatoms. The molecule has 0 fully saturated rings. The molecular weight excluding hydrogens is 394 g/mol. The fraction of sp³-hybridized carbons (Fsp3) is 0.471. The summed E-state index contributed by atoms with van der Waals surface area (Å²) in [6.07, 6.45) is 4.94. The molecule has 0 aliphatic rings. The molecule has 0 radical (unpaired) electrons. The van der Waals surface area contributed by atoms with Gasteiger partial charge in [-0.2, -0.15) is 0 Å². The van der Waals surface area contributed by atoms with Crippen LogP contribution in [0, 0.1) is 20.8 Å². The van der Waals surface area contributed by atoms with E-state index < -0.39 is 0 Å². The monoisotopic (exact) mass is 413 g/mol. The SMILES string of the molecule is Cc1nc(C)c(Cl)c(Cc2nccc(SCCCCBr)c2C)n1. The summed E-state index contributed by atoms with van der Waals surface area (Å²) in [5, 5.41) is 1.71. The Kier molecular flexibility index (Phi) is 7.31. The molecule has 0 spiro atoms. The molecule has 0 aromatic carbocycles. The molecule has 124 valence electrons. The van der Waals surface area contributed by atoms with Gasteiger partial charge >= 0.3 is 0 Å². The Labute approximate surface area is 155 Å². The summed E-state index contributed by atoms with van der Waals surface area (Å²) < 4.78 is 0. The quantitative estimate of drug-likeness (QED) is 0.350. The predicted octanol–water partition coefficient (Wildman–Crippen LogP) is 5.31. The first-order valence-electron chi connectivity index (χ1n) is 7.65. The highest BCUT2D eigenvalue weighted by atomic mass is 79.9. The van der Waals surface area contributed by atoms with Gasteiger partial charge in [0.1, 0.15) is 5.82 Å². The van der Waals surface area contributed by atoms with Crippen LogP contribution in [-0.2, 0) is 6.42 Å². The van der Waals surface area contributed by atoms with E-state index in [1.807, 2.05) is 31.8 Å². The van der Waals surface area contributed by atoms with Crippen LogP contribution in [-0.4, -0.2) is 26.0 Å². The molecule has 0 atom stereocenters. The minimum Gasteiger partial charge on any atom is -0.261 e. The molecule has 0 N–H and O–H groups in total. The maximum atomic E-state index is 6.36. The van der Waals surface area contributed by atoms with Gasteiger partial charge in [-0.25, -0.2) is 9.97 Å². The van der Waals surface area contributed by atoms with E-state index in [2.05, 4.69) is 43.9 Å². The van der Waals surface area contributed by atoms with Crippen LogP contribution in [0.3, 0.4) is 0 Å². The fourth-order valence-electron chi connectivity index (χ4n) is 2.32. The van der Waals surface area contributed by atoms with Gasteiger partial charge in [0.25, 0.3) is 0 Å². The van der Waals surface area contributed by atoms with Crippen molar-refractivity contribution >= 4 is 39.3 Å². The second-order valence-corrected chi connectivity index (χ2v) is 7.73. The van der Waals surface area contributed by atoms with Crippen molar-refractivity contribution in [1.29, 1.82) is 0 Å². The van der Waals surface area contributed by atoms with Gasteiger partial charge in [0, 0.05) is 22.8 Å². The number of aryl methyl sites for hydroxylation is 2. The van der Waals surface area contributed by atoms with Crippen molar-refractivity contribution in [2.45, 2.75) is 44.9 Å². The van der Waals surface area contributed by atoms with Gasteiger partial charge in [0.2, 0.25) is 0 Å². The zero-order chi connectivity index (χ0) is 16.8. The van der Waals surface area contributed by atoms with Crippen LogP contribution in [0.4, 0.5) is 0 Å². The molecular formula is C17H21BrClN3S. The van der Waals surface area contributed by atoms with Crippen LogP contribution in [0.25, 0.3) is 0 Å². The Morgan fingerprint density at radius 1 is 1.13 bits per heavy atom. The van der Waals surface area contributed by atoms with Gasteiger partial charge in [0.05, 0.1) is 22.1 Å². The number of rotatable bonds is 7. The van der Waals surface area contributed by atoms with Gasteiger partial charge in [0.15, 0.2) is 0 Å².